The summed E-state index contributed by atoms with van der Waals surface area (Å²) in [5.74, 6) is 0.518. The third-order valence-electron chi connectivity index (χ3n) is 4.38. The number of hydrogen-bond acceptors (Lipinski definition) is 3. The van der Waals surface area contributed by atoms with E-state index in [0.29, 0.717) is 27.9 Å². The van der Waals surface area contributed by atoms with Crippen LogP contribution in [-0.2, 0) is 6.61 Å². The molecule has 0 bridgehead atoms. The van der Waals surface area contributed by atoms with E-state index in [-0.39, 0.29) is 18.2 Å². The first-order valence-electron chi connectivity index (χ1n) is 8.70. The molecule has 0 saturated carbocycles. The van der Waals surface area contributed by atoms with Gasteiger partial charge in [-0.3, -0.25) is 9.36 Å². The fourth-order valence-corrected chi connectivity index (χ4v) is 3.02. The second kappa shape index (κ2) is 7.60. The molecule has 1 aromatic heterocycles. The van der Waals surface area contributed by atoms with Crippen LogP contribution in [0.3, 0.4) is 0 Å². The van der Waals surface area contributed by atoms with E-state index in [4.69, 9.17) is 4.74 Å². The predicted octanol–water partition coefficient (Wildman–Crippen LogP) is 5.24. The summed E-state index contributed by atoms with van der Waals surface area (Å²) in [6.45, 7) is -2.82. The number of benzene rings is 3. The number of hydrogen-bond donors (Lipinski definition) is 0. The van der Waals surface area contributed by atoms with E-state index in [2.05, 4.69) is 4.98 Å². The molecule has 0 aliphatic carbocycles. The minimum Gasteiger partial charge on any atom is -0.486 e. The Balaban J connectivity index is 1.51. The number of halogens is 2. The van der Waals surface area contributed by atoms with Crippen molar-refractivity contribution in [3.05, 3.63) is 95.8 Å². The number of aromatic nitrogens is 2. The van der Waals surface area contributed by atoms with E-state index in [1.807, 2.05) is 6.07 Å². The summed E-state index contributed by atoms with van der Waals surface area (Å²) in [5.41, 5.74) is 1.98. The molecule has 0 atom stereocenters. The van der Waals surface area contributed by atoms with Crippen molar-refractivity contribution in [1.29, 1.82) is 0 Å². The van der Waals surface area contributed by atoms with Gasteiger partial charge in [0, 0.05) is 11.1 Å². The first kappa shape index (κ1) is 17.9. The van der Waals surface area contributed by atoms with Gasteiger partial charge in [0.1, 0.15) is 12.4 Å². The summed E-state index contributed by atoms with van der Waals surface area (Å²) in [6.07, 6.45) is 0. The molecule has 0 spiro atoms. The minimum atomic E-state index is -2.71. The number of para-hydroxylation sites is 2. The lowest BCUT2D eigenvalue weighted by Gasteiger charge is -2.10. The van der Waals surface area contributed by atoms with Crippen molar-refractivity contribution in [1.82, 2.24) is 9.55 Å². The van der Waals surface area contributed by atoms with Crippen LogP contribution in [0.1, 0.15) is 28.3 Å². The minimum absolute atomic E-state index is 0.0911. The summed E-state index contributed by atoms with van der Waals surface area (Å²) in [7, 11) is 0. The van der Waals surface area contributed by atoms with Gasteiger partial charge in [0.15, 0.2) is 11.6 Å². The molecule has 0 unspecified atom stereocenters. The number of rotatable bonds is 6. The van der Waals surface area contributed by atoms with Gasteiger partial charge in [-0.05, 0) is 36.4 Å². The van der Waals surface area contributed by atoms with Crippen LogP contribution < -0.4 is 4.74 Å². The summed E-state index contributed by atoms with van der Waals surface area (Å²) >= 11 is 0. The number of alkyl halides is 2. The monoisotopic (exact) mass is 378 g/mol. The molecule has 0 N–H and O–H groups in total. The Labute approximate surface area is 160 Å². The number of nitrogens with zero attached hydrogens (tertiary/aromatic N) is 2. The third kappa shape index (κ3) is 3.49. The van der Waals surface area contributed by atoms with Crippen LogP contribution >= 0.6 is 0 Å². The van der Waals surface area contributed by atoms with Gasteiger partial charge in [-0.25, -0.2) is 4.98 Å². The molecule has 3 aromatic carbocycles. The van der Waals surface area contributed by atoms with Crippen molar-refractivity contribution in [3.8, 4) is 5.75 Å². The zero-order valence-corrected chi connectivity index (χ0v) is 14.8. The maximum absolute atomic E-state index is 13.4. The highest BCUT2D eigenvalue weighted by Gasteiger charge is 2.18. The third-order valence-corrected chi connectivity index (χ3v) is 4.38. The van der Waals surface area contributed by atoms with E-state index in [1.54, 1.807) is 72.8 Å². The second-order valence-corrected chi connectivity index (χ2v) is 6.17. The van der Waals surface area contributed by atoms with Gasteiger partial charge in [-0.1, -0.05) is 42.5 Å². The first-order chi connectivity index (χ1) is 13.6. The lowest BCUT2D eigenvalue weighted by molar-refractivity contribution is 0.0677. The van der Waals surface area contributed by atoms with Crippen molar-refractivity contribution in [2.75, 3.05) is 0 Å². The lowest BCUT2D eigenvalue weighted by Crippen LogP contribution is -2.08. The Kier molecular flexibility index (Phi) is 4.85. The normalized spacial score (nSPS) is 11.1. The number of ketones is 1. The highest BCUT2D eigenvalue weighted by atomic mass is 19.3. The fourth-order valence-electron chi connectivity index (χ4n) is 3.02. The van der Waals surface area contributed by atoms with E-state index in [1.165, 1.54) is 0 Å². The smallest absolute Gasteiger partial charge is 0.320 e. The first-order valence-corrected chi connectivity index (χ1v) is 8.70. The fraction of sp³-hybridized carbons (Fsp3) is 0.0909. The molecule has 1 heterocycles. The zero-order valence-electron chi connectivity index (χ0n) is 14.8. The standard InChI is InChI=1S/C22H16F2N2O2/c23-22(24)26-19-9-5-4-8-18(19)25-20(26)14-28-17-12-10-16(11-13-17)21(27)15-6-2-1-3-7-15/h1-13,22H,14H2. The number of imidazole rings is 1. The second-order valence-electron chi connectivity index (χ2n) is 6.17. The topological polar surface area (TPSA) is 44.1 Å². The van der Waals surface area contributed by atoms with Gasteiger partial charge < -0.3 is 4.74 Å². The van der Waals surface area contributed by atoms with Crippen molar-refractivity contribution in [3.63, 3.8) is 0 Å². The molecule has 4 nitrogen and oxygen atoms in total. The molecule has 6 heteroatoms. The summed E-state index contributed by atoms with van der Waals surface area (Å²) in [6, 6.07) is 22.3. The highest BCUT2D eigenvalue weighted by Crippen LogP contribution is 2.24. The van der Waals surface area contributed by atoms with Crippen LogP contribution in [0.5, 0.6) is 5.75 Å². The Hall–Kier alpha value is -3.54. The van der Waals surface area contributed by atoms with Crippen LogP contribution in [0.25, 0.3) is 11.0 Å². The van der Waals surface area contributed by atoms with Gasteiger partial charge in [0.05, 0.1) is 11.0 Å². The number of carbonyl (C=O) groups excluding carboxylic acids is 1. The molecule has 4 aromatic rings. The maximum atomic E-state index is 13.4. The van der Waals surface area contributed by atoms with E-state index >= 15 is 0 Å². The molecule has 140 valence electrons. The zero-order chi connectivity index (χ0) is 19.5. The number of carbonyl (C=O) groups is 1. The van der Waals surface area contributed by atoms with E-state index < -0.39 is 6.55 Å². The predicted molar refractivity (Wildman–Crippen MR) is 102 cm³/mol. The van der Waals surface area contributed by atoms with Gasteiger partial charge in [0.2, 0.25) is 0 Å². The summed E-state index contributed by atoms with van der Waals surface area (Å²) in [4.78, 5) is 16.7. The quantitative estimate of drug-likeness (QED) is 0.431. The maximum Gasteiger partial charge on any atom is 0.320 e. The average molecular weight is 378 g/mol. The lowest BCUT2D eigenvalue weighted by atomic mass is 10.0. The Morgan fingerprint density at radius 3 is 2.25 bits per heavy atom. The SMILES string of the molecule is O=C(c1ccccc1)c1ccc(OCc2nc3ccccc3n2C(F)F)cc1. The van der Waals surface area contributed by atoms with E-state index in [0.717, 1.165) is 4.57 Å². The van der Waals surface area contributed by atoms with Crippen LogP contribution in [0.2, 0.25) is 0 Å². The average Bonchev–Trinajstić information content (AvgIpc) is 3.11. The summed E-state index contributed by atoms with van der Waals surface area (Å²) < 4.78 is 33.4. The van der Waals surface area contributed by atoms with Crippen LogP contribution in [0.15, 0.2) is 78.9 Å². The molecule has 0 amide bonds. The highest BCUT2D eigenvalue weighted by molar-refractivity contribution is 6.08. The molecule has 4 rings (SSSR count). The Morgan fingerprint density at radius 1 is 0.893 bits per heavy atom. The van der Waals surface area contributed by atoms with Gasteiger partial charge in [-0.15, -0.1) is 0 Å². The Bertz CT molecular complexity index is 1110. The van der Waals surface area contributed by atoms with Crippen molar-refractivity contribution in [2.24, 2.45) is 0 Å². The molecule has 0 aliphatic rings. The molecular weight excluding hydrogens is 362 g/mol. The number of fused-ring (bicyclic) bond motifs is 1. The summed E-state index contributed by atoms with van der Waals surface area (Å²) in [5, 5.41) is 0. The van der Waals surface area contributed by atoms with Crippen LogP contribution in [-0.4, -0.2) is 15.3 Å². The molecular formula is C22H16F2N2O2. The molecule has 28 heavy (non-hydrogen) atoms. The van der Waals surface area contributed by atoms with Crippen molar-refractivity contribution in [2.45, 2.75) is 13.2 Å². The van der Waals surface area contributed by atoms with Gasteiger partial charge in [0.25, 0.3) is 0 Å². The van der Waals surface area contributed by atoms with Crippen molar-refractivity contribution < 1.29 is 18.3 Å². The van der Waals surface area contributed by atoms with Gasteiger partial charge >= 0.3 is 6.55 Å². The molecule has 0 aliphatic heterocycles. The van der Waals surface area contributed by atoms with Gasteiger partial charge in [-0.2, -0.15) is 8.78 Å². The molecule has 0 radical (unpaired) electrons. The molecule has 0 fully saturated rings. The Morgan fingerprint density at radius 2 is 1.54 bits per heavy atom. The van der Waals surface area contributed by atoms with Crippen LogP contribution in [0, 0.1) is 0 Å². The largest absolute Gasteiger partial charge is 0.486 e. The van der Waals surface area contributed by atoms with E-state index in [9.17, 15) is 13.6 Å². The van der Waals surface area contributed by atoms with Crippen LogP contribution in [0.4, 0.5) is 8.78 Å². The molecule has 0 saturated heterocycles. The number of ether oxygens (including phenoxy) is 1. The van der Waals surface area contributed by atoms with Crippen molar-refractivity contribution >= 4 is 16.8 Å².